The molecule has 3 nitrogen and oxygen atoms in total. The lowest BCUT2D eigenvalue weighted by Crippen LogP contribution is -2.36. The Labute approximate surface area is 162 Å². The molecule has 3 aliphatic carbocycles. The minimum Gasteiger partial charge on any atom is -0.453 e. The monoisotopic (exact) mass is 365 g/mol. The van der Waals surface area contributed by atoms with Crippen molar-refractivity contribution in [2.45, 2.75) is 58.8 Å². The zero-order chi connectivity index (χ0) is 18.6. The topological polar surface area (TPSA) is 33.5 Å². The molecule has 2 aromatic rings. The van der Waals surface area contributed by atoms with Gasteiger partial charge in [0.05, 0.1) is 0 Å². The summed E-state index contributed by atoms with van der Waals surface area (Å²) in [6.45, 7) is 6.28. The van der Waals surface area contributed by atoms with Crippen LogP contribution >= 0.6 is 0 Å². The summed E-state index contributed by atoms with van der Waals surface area (Å²) >= 11 is 0. The van der Waals surface area contributed by atoms with Gasteiger partial charge in [-0.25, -0.2) is 0 Å². The van der Waals surface area contributed by atoms with Crippen LogP contribution in [0.1, 0.15) is 69.3 Å². The van der Waals surface area contributed by atoms with Crippen molar-refractivity contribution in [2.24, 2.45) is 23.2 Å². The van der Waals surface area contributed by atoms with Gasteiger partial charge >= 0.3 is 0 Å². The molecule has 4 atom stereocenters. The van der Waals surface area contributed by atoms with Gasteiger partial charge < -0.3 is 9.32 Å². The van der Waals surface area contributed by atoms with Crippen LogP contribution in [0, 0.1) is 23.2 Å². The molecule has 1 aromatic carbocycles. The highest BCUT2D eigenvalue weighted by Gasteiger charge is 2.53. The molecule has 3 saturated carbocycles. The predicted molar refractivity (Wildman–Crippen MR) is 109 cm³/mol. The molecular formula is C24H31NO2. The maximum atomic E-state index is 13.6. The third-order valence-corrected chi connectivity index (χ3v) is 7.84. The number of benzene rings is 1. The van der Waals surface area contributed by atoms with Gasteiger partial charge in [0.15, 0.2) is 5.76 Å². The maximum absolute atomic E-state index is 13.6. The third kappa shape index (κ3) is 2.73. The summed E-state index contributed by atoms with van der Waals surface area (Å²) in [5.74, 6) is 3.34. The molecule has 3 aliphatic rings. The lowest BCUT2D eigenvalue weighted by Gasteiger charge is -2.38. The number of anilines is 1. The molecule has 27 heavy (non-hydrogen) atoms. The van der Waals surface area contributed by atoms with Gasteiger partial charge in [0, 0.05) is 35.6 Å². The molecule has 3 bridgehead atoms. The van der Waals surface area contributed by atoms with E-state index in [1.807, 2.05) is 6.07 Å². The first-order valence-electron chi connectivity index (χ1n) is 10.9. The maximum Gasteiger partial charge on any atom is 0.204 e. The van der Waals surface area contributed by atoms with Crippen molar-refractivity contribution in [2.75, 3.05) is 18.0 Å². The first-order chi connectivity index (χ1) is 13.1. The summed E-state index contributed by atoms with van der Waals surface area (Å²) in [5, 5.41) is 1.05. The van der Waals surface area contributed by atoms with Crippen molar-refractivity contribution in [3.05, 3.63) is 30.0 Å². The molecule has 144 valence electrons. The minimum atomic E-state index is -0.144. The largest absolute Gasteiger partial charge is 0.453 e. The number of ketones is 1. The number of carbonyl (C=O) groups excluding carboxylic acids is 1. The Morgan fingerprint density at radius 3 is 2.78 bits per heavy atom. The van der Waals surface area contributed by atoms with E-state index in [0.29, 0.717) is 11.5 Å². The Morgan fingerprint density at radius 2 is 1.96 bits per heavy atom. The molecular weight excluding hydrogens is 334 g/mol. The first kappa shape index (κ1) is 17.3. The number of nitrogens with zero attached hydrogens (tertiary/aromatic N) is 1. The van der Waals surface area contributed by atoms with E-state index in [0.717, 1.165) is 61.1 Å². The second kappa shape index (κ2) is 6.39. The number of Topliss-reactive ketones (excluding diaryl/α,β-unsaturated/α-hetero) is 1. The summed E-state index contributed by atoms with van der Waals surface area (Å²) in [6.07, 6.45) is 8.56. The summed E-state index contributed by atoms with van der Waals surface area (Å²) < 4.78 is 6.16. The third-order valence-electron chi connectivity index (χ3n) is 7.84. The van der Waals surface area contributed by atoms with Gasteiger partial charge in [-0.2, -0.15) is 0 Å². The molecule has 0 amide bonds. The van der Waals surface area contributed by atoms with Crippen LogP contribution in [0.25, 0.3) is 11.0 Å². The van der Waals surface area contributed by atoms with Crippen LogP contribution in [0.15, 0.2) is 28.7 Å². The van der Waals surface area contributed by atoms with Crippen LogP contribution in [0.5, 0.6) is 0 Å². The van der Waals surface area contributed by atoms with E-state index in [4.69, 9.17) is 4.42 Å². The number of rotatable bonds is 5. The van der Waals surface area contributed by atoms with Gasteiger partial charge in [-0.1, -0.05) is 12.8 Å². The van der Waals surface area contributed by atoms with Gasteiger partial charge in [-0.15, -0.1) is 0 Å². The highest BCUT2D eigenvalue weighted by molar-refractivity contribution is 6.01. The molecule has 0 aliphatic heterocycles. The zero-order valence-electron chi connectivity index (χ0n) is 16.7. The summed E-state index contributed by atoms with van der Waals surface area (Å²) in [5.41, 5.74) is 1.88. The number of furan rings is 1. The average Bonchev–Trinajstić information content (AvgIpc) is 3.18. The smallest absolute Gasteiger partial charge is 0.204 e. The number of carbonyl (C=O) groups is 1. The molecule has 0 N–H and O–H groups in total. The number of fused-ring (bicyclic) bond motifs is 3. The molecule has 3 fully saturated rings. The molecule has 4 unspecified atom stereocenters. The Morgan fingerprint density at radius 1 is 1.15 bits per heavy atom. The number of hydrogen-bond donors (Lipinski definition) is 0. The zero-order valence-corrected chi connectivity index (χ0v) is 16.7. The van der Waals surface area contributed by atoms with Crippen molar-refractivity contribution in [1.29, 1.82) is 0 Å². The number of hydrogen-bond acceptors (Lipinski definition) is 3. The summed E-state index contributed by atoms with van der Waals surface area (Å²) in [7, 11) is 0. The fourth-order valence-corrected chi connectivity index (χ4v) is 6.63. The van der Waals surface area contributed by atoms with Gasteiger partial charge in [-0.3, -0.25) is 4.79 Å². The van der Waals surface area contributed by atoms with Crippen molar-refractivity contribution in [3.63, 3.8) is 0 Å². The minimum absolute atomic E-state index is 0.144. The van der Waals surface area contributed by atoms with Crippen molar-refractivity contribution >= 4 is 22.4 Å². The van der Waals surface area contributed by atoms with Crippen molar-refractivity contribution < 1.29 is 9.21 Å². The van der Waals surface area contributed by atoms with Gasteiger partial charge in [0.25, 0.3) is 0 Å². The van der Waals surface area contributed by atoms with Gasteiger partial charge in [0.1, 0.15) is 5.58 Å². The van der Waals surface area contributed by atoms with Crippen LogP contribution in [0.4, 0.5) is 5.69 Å². The van der Waals surface area contributed by atoms with Crippen LogP contribution in [0.2, 0.25) is 0 Å². The van der Waals surface area contributed by atoms with Crippen LogP contribution < -0.4 is 4.90 Å². The van der Waals surface area contributed by atoms with Crippen LogP contribution in [-0.2, 0) is 0 Å². The molecule has 0 spiro atoms. The van der Waals surface area contributed by atoms with E-state index in [1.165, 1.54) is 31.4 Å². The van der Waals surface area contributed by atoms with E-state index in [9.17, 15) is 4.79 Å². The summed E-state index contributed by atoms with van der Waals surface area (Å²) in [4.78, 5) is 16.0. The molecule has 1 aromatic heterocycles. The van der Waals surface area contributed by atoms with E-state index in [2.05, 4.69) is 36.9 Å². The lowest BCUT2D eigenvalue weighted by atomic mass is 9.64. The van der Waals surface area contributed by atoms with Crippen LogP contribution in [-0.4, -0.2) is 18.9 Å². The van der Waals surface area contributed by atoms with Crippen LogP contribution in [0.3, 0.4) is 0 Å². The molecule has 1 heterocycles. The fraction of sp³-hybridized carbons (Fsp3) is 0.625. The molecule has 5 rings (SSSR count). The van der Waals surface area contributed by atoms with E-state index < -0.39 is 0 Å². The first-order valence-corrected chi connectivity index (χ1v) is 10.9. The Balaban J connectivity index is 1.48. The van der Waals surface area contributed by atoms with Crippen molar-refractivity contribution in [3.8, 4) is 0 Å². The SMILES string of the molecule is CCN(CC)c1ccc2cc(C(=O)C34CCCC5CC(CC5C3)C4)oc2c1. The van der Waals surface area contributed by atoms with E-state index in [-0.39, 0.29) is 5.41 Å². The lowest BCUT2D eigenvalue weighted by molar-refractivity contribution is 0.0582. The average molecular weight is 366 g/mol. The highest BCUT2D eigenvalue weighted by Crippen LogP contribution is 2.59. The Kier molecular flexibility index (Phi) is 4.10. The van der Waals surface area contributed by atoms with E-state index in [1.54, 1.807) is 0 Å². The molecule has 0 radical (unpaired) electrons. The van der Waals surface area contributed by atoms with E-state index >= 15 is 0 Å². The fourth-order valence-electron chi connectivity index (χ4n) is 6.63. The predicted octanol–water partition coefficient (Wildman–Crippen LogP) is 6.07. The van der Waals surface area contributed by atoms with Gasteiger partial charge in [-0.05, 0) is 81.9 Å². The second-order valence-corrected chi connectivity index (χ2v) is 9.27. The Bertz CT molecular complexity index is 864. The Hall–Kier alpha value is -1.77. The highest BCUT2D eigenvalue weighted by atomic mass is 16.3. The standard InChI is InChI=1S/C24H31NO2/c1-3-25(4-2)20-8-7-18-12-22(27-21(18)13-20)23(26)24-9-5-6-17-10-16(14-24)11-19(17)15-24/h7-8,12-13,16-17,19H,3-6,9-11,14-15H2,1-2H3. The summed E-state index contributed by atoms with van der Waals surface area (Å²) in [6, 6.07) is 8.35. The normalized spacial score (nSPS) is 32.0. The molecule has 3 heteroatoms. The quantitative estimate of drug-likeness (QED) is 0.603. The molecule has 0 saturated heterocycles. The van der Waals surface area contributed by atoms with Crippen molar-refractivity contribution in [1.82, 2.24) is 0 Å². The van der Waals surface area contributed by atoms with Gasteiger partial charge in [0.2, 0.25) is 5.78 Å². The second-order valence-electron chi connectivity index (χ2n) is 9.27.